The van der Waals surface area contributed by atoms with Crippen LogP contribution in [0.3, 0.4) is 0 Å². The van der Waals surface area contributed by atoms with Gasteiger partial charge in [0.2, 0.25) is 5.91 Å². The second kappa shape index (κ2) is 8.83. The predicted molar refractivity (Wildman–Crippen MR) is 100 cm³/mol. The number of hydrogen-bond acceptors (Lipinski definition) is 2. The van der Waals surface area contributed by atoms with Crippen molar-refractivity contribution in [3.63, 3.8) is 0 Å². The first-order valence-electron chi connectivity index (χ1n) is 8.70. The van der Waals surface area contributed by atoms with Gasteiger partial charge in [-0.1, -0.05) is 60.7 Å². The SMILES string of the molecule is O=C(CCc1ccccc1)NCCCn1ccnc1-c1ccccc1. The fourth-order valence-corrected chi connectivity index (χ4v) is 2.81. The summed E-state index contributed by atoms with van der Waals surface area (Å²) in [5.41, 5.74) is 2.31. The van der Waals surface area contributed by atoms with E-state index in [-0.39, 0.29) is 5.91 Å². The van der Waals surface area contributed by atoms with Crippen LogP contribution in [0.5, 0.6) is 0 Å². The topological polar surface area (TPSA) is 46.9 Å². The van der Waals surface area contributed by atoms with Crippen LogP contribution in [-0.4, -0.2) is 22.0 Å². The van der Waals surface area contributed by atoms with Gasteiger partial charge in [-0.2, -0.15) is 0 Å². The number of amides is 1. The maximum atomic E-state index is 11.9. The summed E-state index contributed by atoms with van der Waals surface area (Å²) in [6.45, 7) is 1.52. The molecule has 0 spiro atoms. The van der Waals surface area contributed by atoms with E-state index < -0.39 is 0 Å². The Kier molecular flexibility index (Phi) is 5.99. The molecular formula is C21H23N3O. The van der Waals surface area contributed by atoms with Gasteiger partial charge in [0.25, 0.3) is 0 Å². The van der Waals surface area contributed by atoms with Crippen molar-refractivity contribution >= 4 is 5.91 Å². The van der Waals surface area contributed by atoms with Gasteiger partial charge in [-0.15, -0.1) is 0 Å². The summed E-state index contributed by atoms with van der Waals surface area (Å²) in [6, 6.07) is 20.3. The molecular weight excluding hydrogens is 310 g/mol. The molecule has 0 saturated heterocycles. The van der Waals surface area contributed by atoms with Gasteiger partial charge in [-0.25, -0.2) is 4.98 Å². The summed E-state index contributed by atoms with van der Waals surface area (Å²) >= 11 is 0. The lowest BCUT2D eigenvalue weighted by Crippen LogP contribution is -2.25. The lowest BCUT2D eigenvalue weighted by atomic mass is 10.1. The summed E-state index contributed by atoms with van der Waals surface area (Å²) in [5.74, 6) is 1.08. The van der Waals surface area contributed by atoms with Crippen molar-refractivity contribution in [3.05, 3.63) is 78.6 Å². The van der Waals surface area contributed by atoms with Gasteiger partial charge in [0.15, 0.2) is 0 Å². The molecule has 0 atom stereocenters. The van der Waals surface area contributed by atoms with Crippen molar-refractivity contribution in [1.82, 2.24) is 14.9 Å². The molecule has 4 heteroatoms. The molecule has 128 valence electrons. The molecule has 3 aromatic rings. The third-order valence-electron chi connectivity index (χ3n) is 4.13. The number of nitrogens with zero attached hydrogens (tertiary/aromatic N) is 2. The fourth-order valence-electron chi connectivity index (χ4n) is 2.81. The first-order valence-corrected chi connectivity index (χ1v) is 8.70. The van der Waals surface area contributed by atoms with Crippen LogP contribution in [-0.2, 0) is 17.8 Å². The van der Waals surface area contributed by atoms with E-state index in [4.69, 9.17) is 0 Å². The number of nitrogens with one attached hydrogen (secondary N) is 1. The number of carbonyl (C=O) groups excluding carboxylic acids is 1. The van der Waals surface area contributed by atoms with Gasteiger partial charge in [0.1, 0.15) is 5.82 Å². The number of aromatic nitrogens is 2. The number of carbonyl (C=O) groups is 1. The summed E-state index contributed by atoms with van der Waals surface area (Å²) in [7, 11) is 0. The van der Waals surface area contributed by atoms with Crippen LogP contribution in [0.2, 0.25) is 0 Å². The number of hydrogen-bond donors (Lipinski definition) is 1. The van der Waals surface area contributed by atoms with E-state index in [9.17, 15) is 4.79 Å². The molecule has 0 radical (unpaired) electrons. The van der Waals surface area contributed by atoms with Crippen LogP contribution < -0.4 is 5.32 Å². The summed E-state index contributed by atoms with van der Waals surface area (Å²) in [6.07, 6.45) is 6.00. The molecule has 2 aromatic carbocycles. The standard InChI is InChI=1S/C21H23N3O/c25-20(13-12-18-8-3-1-4-9-18)22-14-7-16-24-17-15-23-21(24)19-10-5-2-6-11-19/h1-6,8-11,15,17H,7,12-14,16H2,(H,22,25). The molecule has 0 bridgehead atoms. The van der Waals surface area contributed by atoms with Crippen molar-refractivity contribution in [3.8, 4) is 11.4 Å². The Morgan fingerprint density at radius 2 is 1.72 bits per heavy atom. The van der Waals surface area contributed by atoms with Crippen LogP contribution in [0.4, 0.5) is 0 Å². The zero-order valence-corrected chi connectivity index (χ0v) is 14.3. The van der Waals surface area contributed by atoms with Crippen molar-refractivity contribution in [2.45, 2.75) is 25.8 Å². The van der Waals surface area contributed by atoms with Crippen molar-refractivity contribution in [1.29, 1.82) is 0 Å². The minimum atomic E-state index is 0.109. The Bertz CT molecular complexity index is 781. The normalized spacial score (nSPS) is 10.6. The van der Waals surface area contributed by atoms with E-state index in [1.165, 1.54) is 5.56 Å². The van der Waals surface area contributed by atoms with Crippen molar-refractivity contribution < 1.29 is 4.79 Å². The molecule has 0 aliphatic carbocycles. The average molecular weight is 333 g/mol. The highest BCUT2D eigenvalue weighted by Gasteiger charge is 2.05. The van der Waals surface area contributed by atoms with Gasteiger partial charge in [0, 0.05) is 37.5 Å². The molecule has 3 rings (SSSR count). The lowest BCUT2D eigenvalue weighted by Gasteiger charge is -2.09. The van der Waals surface area contributed by atoms with Crippen molar-refractivity contribution in [2.24, 2.45) is 0 Å². The second-order valence-corrected chi connectivity index (χ2v) is 6.00. The third-order valence-corrected chi connectivity index (χ3v) is 4.13. The largest absolute Gasteiger partial charge is 0.356 e. The van der Waals surface area contributed by atoms with Gasteiger partial charge in [0.05, 0.1) is 0 Å². The molecule has 0 aliphatic heterocycles. The van der Waals surface area contributed by atoms with Gasteiger partial charge in [-0.05, 0) is 18.4 Å². The zero-order chi connectivity index (χ0) is 17.3. The Labute approximate surface area is 148 Å². The molecule has 1 N–H and O–H groups in total. The zero-order valence-electron chi connectivity index (χ0n) is 14.3. The smallest absolute Gasteiger partial charge is 0.220 e. The van der Waals surface area contributed by atoms with E-state index in [1.807, 2.05) is 48.8 Å². The van der Waals surface area contributed by atoms with Crippen LogP contribution in [0.25, 0.3) is 11.4 Å². The van der Waals surface area contributed by atoms with Gasteiger partial charge >= 0.3 is 0 Å². The third kappa shape index (κ3) is 5.05. The fraction of sp³-hybridized carbons (Fsp3) is 0.238. The van der Waals surface area contributed by atoms with Gasteiger partial charge in [-0.3, -0.25) is 4.79 Å². The average Bonchev–Trinajstić information content (AvgIpc) is 3.14. The molecule has 4 nitrogen and oxygen atoms in total. The second-order valence-electron chi connectivity index (χ2n) is 6.00. The molecule has 0 saturated carbocycles. The highest BCUT2D eigenvalue weighted by molar-refractivity contribution is 5.76. The number of imidazole rings is 1. The number of aryl methyl sites for hydroxylation is 2. The predicted octanol–water partition coefficient (Wildman–Crippen LogP) is 3.69. The summed E-state index contributed by atoms with van der Waals surface area (Å²) in [4.78, 5) is 16.4. The Hall–Kier alpha value is -2.88. The van der Waals surface area contributed by atoms with E-state index in [1.54, 1.807) is 0 Å². The Morgan fingerprint density at radius 1 is 1.00 bits per heavy atom. The van der Waals surface area contributed by atoms with E-state index in [0.717, 1.165) is 30.8 Å². The van der Waals surface area contributed by atoms with E-state index >= 15 is 0 Å². The number of benzene rings is 2. The van der Waals surface area contributed by atoms with E-state index in [2.05, 4.69) is 39.1 Å². The molecule has 25 heavy (non-hydrogen) atoms. The number of rotatable bonds is 8. The van der Waals surface area contributed by atoms with E-state index in [0.29, 0.717) is 13.0 Å². The summed E-state index contributed by atoms with van der Waals surface area (Å²) < 4.78 is 2.13. The lowest BCUT2D eigenvalue weighted by molar-refractivity contribution is -0.121. The molecule has 1 heterocycles. The first kappa shape index (κ1) is 17.0. The maximum absolute atomic E-state index is 11.9. The van der Waals surface area contributed by atoms with Crippen LogP contribution in [0, 0.1) is 0 Å². The minimum Gasteiger partial charge on any atom is -0.356 e. The summed E-state index contributed by atoms with van der Waals surface area (Å²) in [5, 5.41) is 3.00. The molecule has 0 aliphatic rings. The highest BCUT2D eigenvalue weighted by Crippen LogP contribution is 2.16. The quantitative estimate of drug-likeness (QED) is 0.639. The minimum absolute atomic E-state index is 0.109. The molecule has 0 unspecified atom stereocenters. The first-order chi connectivity index (χ1) is 12.3. The Balaban J connectivity index is 1.40. The molecule has 1 amide bonds. The van der Waals surface area contributed by atoms with Crippen LogP contribution in [0.1, 0.15) is 18.4 Å². The maximum Gasteiger partial charge on any atom is 0.220 e. The Morgan fingerprint density at radius 3 is 2.48 bits per heavy atom. The van der Waals surface area contributed by atoms with Gasteiger partial charge < -0.3 is 9.88 Å². The van der Waals surface area contributed by atoms with Crippen LogP contribution >= 0.6 is 0 Å². The molecule has 1 aromatic heterocycles. The highest BCUT2D eigenvalue weighted by atomic mass is 16.1. The monoisotopic (exact) mass is 333 g/mol. The van der Waals surface area contributed by atoms with Crippen molar-refractivity contribution in [2.75, 3.05) is 6.54 Å². The molecule has 0 fully saturated rings. The van der Waals surface area contributed by atoms with Crippen LogP contribution in [0.15, 0.2) is 73.1 Å².